The van der Waals surface area contributed by atoms with Crippen molar-refractivity contribution in [3.05, 3.63) is 29.7 Å². The lowest BCUT2D eigenvalue weighted by Crippen LogP contribution is -2.11. The zero-order valence-electron chi connectivity index (χ0n) is 13.2. The lowest BCUT2D eigenvalue weighted by molar-refractivity contribution is -0.138. The highest BCUT2D eigenvalue weighted by Gasteiger charge is 2.14. The van der Waals surface area contributed by atoms with Gasteiger partial charge in [-0.1, -0.05) is 6.92 Å². The SMILES string of the molecule is CCCC(O)=C(C=Nc1cccnc1OCC)C(=O)OCC. The van der Waals surface area contributed by atoms with Crippen LogP contribution in [-0.2, 0) is 9.53 Å². The number of carbonyl (C=O) groups excluding carboxylic acids is 1. The second-order valence-electron chi connectivity index (χ2n) is 4.35. The summed E-state index contributed by atoms with van der Waals surface area (Å²) in [5.41, 5.74) is 0.533. The van der Waals surface area contributed by atoms with Crippen LogP contribution in [0.2, 0.25) is 0 Å². The van der Waals surface area contributed by atoms with E-state index in [1.807, 2.05) is 13.8 Å². The molecule has 0 aromatic carbocycles. The summed E-state index contributed by atoms with van der Waals surface area (Å²) in [7, 11) is 0. The number of rotatable bonds is 8. The molecule has 0 aliphatic rings. The van der Waals surface area contributed by atoms with Crippen molar-refractivity contribution in [2.45, 2.75) is 33.6 Å². The molecule has 1 heterocycles. The van der Waals surface area contributed by atoms with Crippen LogP contribution in [0, 0.1) is 0 Å². The summed E-state index contributed by atoms with van der Waals surface area (Å²) in [5.74, 6) is -0.259. The minimum Gasteiger partial charge on any atom is -0.511 e. The standard InChI is InChI=1S/C16H22N2O4/c1-4-8-14(19)12(16(20)22-6-3)11-18-13-9-7-10-17-15(13)21-5-2/h7,9-11,19H,4-6,8H2,1-3H3. The van der Waals surface area contributed by atoms with Crippen LogP contribution in [0.5, 0.6) is 5.88 Å². The molecule has 1 N–H and O–H groups in total. The predicted molar refractivity (Wildman–Crippen MR) is 84.8 cm³/mol. The maximum Gasteiger partial charge on any atom is 0.343 e. The van der Waals surface area contributed by atoms with Crippen LogP contribution in [0.3, 0.4) is 0 Å². The number of nitrogens with zero attached hydrogens (tertiary/aromatic N) is 2. The molecule has 1 aromatic rings. The molecule has 22 heavy (non-hydrogen) atoms. The van der Waals surface area contributed by atoms with Crippen molar-refractivity contribution in [3.8, 4) is 5.88 Å². The second kappa shape index (κ2) is 9.55. The Morgan fingerprint density at radius 2 is 2.14 bits per heavy atom. The van der Waals surface area contributed by atoms with Gasteiger partial charge in [0, 0.05) is 18.8 Å². The van der Waals surface area contributed by atoms with Crippen molar-refractivity contribution < 1.29 is 19.4 Å². The molecule has 0 aliphatic carbocycles. The minimum atomic E-state index is -0.598. The van der Waals surface area contributed by atoms with Crippen LogP contribution >= 0.6 is 0 Å². The molecule has 0 saturated carbocycles. The van der Waals surface area contributed by atoms with Gasteiger partial charge in [-0.15, -0.1) is 0 Å². The van der Waals surface area contributed by atoms with Crippen LogP contribution in [0.15, 0.2) is 34.7 Å². The van der Waals surface area contributed by atoms with E-state index in [2.05, 4.69) is 9.98 Å². The summed E-state index contributed by atoms with van der Waals surface area (Å²) in [6.45, 7) is 6.15. The highest BCUT2D eigenvalue weighted by molar-refractivity contribution is 6.10. The number of carbonyl (C=O) groups is 1. The van der Waals surface area contributed by atoms with E-state index in [0.29, 0.717) is 31.0 Å². The minimum absolute atomic E-state index is 0.0356. The zero-order valence-corrected chi connectivity index (χ0v) is 13.2. The molecule has 6 nitrogen and oxygen atoms in total. The van der Waals surface area contributed by atoms with Crippen LogP contribution in [0.4, 0.5) is 5.69 Å². The average molecular weight is 306 g/mol. The second-order valence-corrected chi connectivity index (χ2v) is 4.35. The van der Waals surface area contributed by atoms with E-state index < -0.39 is 5.97 Å². The smallest absolute Gasteiger partial charge is 0.343 e. The molecule has 0 radical (unpaired) electrons. The number of ether oxygens (including phenoxy) is 2. The Morgan fingerprint density at radius 1 is 1.36 bits per heavy atom. The quantitative estimate of drug-likeness (QED) is 0.345. The third-order valence-electron chi connectivity index (χ3n) is 2.66. The van der Waals surface area contributed by atoms with Gasteiger partial charge in [-0.25, -0.2) is 9.78 Å². The third kappa shape index (κ3) is 5.20. The number of aliphatic hydroxyl groups is 1. The predicted octanol–water partition coefficient (Wildman–Crippen LogP) is 3.36. The van der Waals surface area contributed by atoms with Crippen LogP contribution in [0.25, 0.3) is 0 Å². The van der Waals surface area contributed by atoms with Gasteiger partial charge < -0.3 is 14.6 Å². The monoisotopic (exact) mass is 306 g/mol. The van der Waals surface area contributed by atoms with E-state index in [1.54, 1.807) is 25.3 Å². The molecule has 0 fully saturated rings. The van der Waals surface area contributed by atoms with Crippen molar-refractivity contribution in [3.63, 3.8) is 0 Å². The normalized spacial score (nSPS) is 12.1. The molecule has 0 saturated heterocycles. The van der Waals surface area contributed by atoms with E-state index >= 15 is 0 Å². The molecule has 0 spiro atoms. The fourth-order valence-electron chi connectivity index (χ4n) is 1.69. The first-order chi connectivity index (χ1) is 10.6. The molecule has 0 bridgehead atoms. The number of esters is 1. The Bertz CT molecular complexity index is 553. The lowest BCUT2D eigenvalue weighted by atomic mass is 10.1. The zero-order chi connectivity index (χ0) is 16.4. The maximum atomic E-state index is 11.9. The van der Waals surface area contributed by atoms with Crippen molar-refractivity contribution in [2.75, 3.05) is 13.2 Å². The molecular weight excluding hydrogens is 284 g/mol. The van der Waals surface area contributed by atoms with E-state index in [4.69, 9.17) is 9.47 Å². The summed E-state index contributed by atoms with van der Waals surface area (Å²) >= 11 is 0. The van der Waals surface area contributed by atoms with Gasteiger partial charge in [0.05, 0.1) is 13.2 Å². The summed E-state index contributed by atoms with van der Waals surface area (Å²) in [5, 5.41) is 10.00. The molecule has 1 aromatic heterocycles. The Hall–Kier alpha value is -2.37. The summed E-state index contributed by atoms with van der Waals surface area (Å²) in [6, 6.07) is 3.43. The number of pyridine rings is 1. The van der Waals surface area contributed by atoms with Gasteiger partial charge in [0.15, 0.2) is 0 Å². The highest BCUT2D eigenvalue weighted by atomic mass is 16.5. The van der Waals surface area contributed by atoms with Crippen molar-refractivity contribution in [1.82, 2.24) is 4.98 Å². The maximum absolute atomic E-state index is 11.9. The van der Waals surface area contributed by atoms with Crippen molar-refractivity contribution in [1.29, 1.82) is 0 Å². The van der Waals surface area contributed by atoms with E-state index in [-0.39, 0.29) is 17.9 Å². The summed E-state index contributed by atoms with van der Waals surface area (Å²) < 4.78 is 10.3. The number of hydrogen-bond donors (Lipinski definition) is 1. The largest absolute Gasteiger partial charge is 0.511 e. The molecule has 0 atom stereocenters. The molecule has 0 aliphatic heterocycles. The van der Waals surface area contributed by atoms with Crippen LogP contribution in [0.1, 0.15) is 33.6 Å². The molecule has 1 rings (SSSR count). The Labute approximate surface area is 130 Å². The topological polar surface area (TPSA) is 81.0 Å². The first-order valence-electron chi connectivity index (χ1n) is 7.35. The fraction of sp³-hybridized carbons (Fsp3) is 0.438. The molecule has 0 amide bonds. The van der Waals surface area contributed by atoms with Gasteiger partial charge in [0.2, 0.25) is 5.88 Å². The van der Waals surface area contributed by atoms with Gasteiger partial charge >= 0.3 is 5.97 Å². The van der Waals surface area contributed by atoms with Crippen LogP contribution < -0.4 is 4.74 Å². The first kappa shape index (κ1) is 17.7. The van der Waals surface area contributed by atoms with E-state index in [0.717, 1.165) is 0 Å². The van der Waals surface area contributed by atoms with Gasteiger partial charge in [0.25, 0.3) is 0 Å². The molecule has 0 unspecified atom stereocenters. The average Bonchev–Trinajstić information content (AvgIpc) is 2.50. The number of allylic oxidation sites excluding steroid dienone is 1. The Morgan fingerprint density at radius 3 is 2.77 bits per heavy atom. The van der Waals surface area contributed by atoms with Crippen molar-refractivity contribution in [2.24, 2.45) is 4.99 Å². The van der Waals surface area contributed by atoms with Gasteiger partial charge in [0.1, 0.15) is 17.0 Å². The van der Waals surface area contributed by atoms with Gasteiger partial charge in [-0.2, -0.15) is 0 Å². The lowest BCUT2D eigenvalue weighted by Gasteiger charge is -2.07. The van der Waals surface area contributed by atoms with Gasteiger partial charge in [-0.3, -0.25) is 4.99 Å². The summed E-state index contributed by atoms with van der Waals surface area (Å²) in [6.07, 6.45) is 3.98. The van der Waals surface area contributed by atoms with E-state index in [9.17, 15) is 9.90 Å². The third-order valence-corrected chi connectivity index (χ3v) is 2.66. The van der Waals surface area contributed by atoms with E-state index in [1.165, 1.54) is 6.21 Å². The Kier molecular flexibility index (Phi) is 7.67. The number of aromatic nitrogens is 1. The van der Waals surface area contributed by atoms with Gasteiger partial charge in [-0.05, 0) is 32.4 Å². The van der Waals surface area contributed by atoms with Crippen molar-refractivity contribution >= 4 is 17.9 Å². The molecule has 120 valence electrons. The number of hydrogen-bond acceptors (Lipinski definition) is 6. The highest BCUT2D eigenvalue weighted by Crippen LogP contribution is 2.24. The Balaban J connectivity index is 3.08. The van der Waals surface area contributed by atoms with Crippen LogP contribution in [-0.4, -0.2) is 35.5 Å². The number of aliphatic hydroxyl groups excluding tert-OH is 1. The first-order valence-corrected chi connectivity index (χ1v) is 7.35. The molecular formula is C16H22N2O4. The summed E-state index contributed by atoms with van der Waals surface area (Å²) in [4.78, 5) is 20.2. The fourth-order valence-corrected chi connectivity index (χ4v) is 1.69. The molecule has 6 heteroatoms. The number of aliphatic imine (C=N–C) groups is 1.